The Morgan fingerprint density at radius 1 is 1.43 bits per heavy atom. The third-order valence-electron chi connectivity index (χ3n) is 3.23. The van der Waals surface area contributed by atoms with Crippen LogP contribution < -0.4 is 10.6 Å². The lowest BCUT2D eigenvalue weighted by Crippen LogP contribution is -2.45. The van der Waals surface area contributed by atoms with E-state index in [4.69, 9.17) is 0 Å². The molecule has 0 fully saturated rings. The minimum absolute atomic E-state index is 0.0475. The molecule has 0 aliphatic heterocycles. The molecule has 0 aliphatic rings. The number of amides is 2. The fraction of sp³-hybridized carbons (Fsp3) is 0.625. The highest BCUT2D eigenvalue weighted by Gasteiger charge is 2.19. The molecule has 0 spiro atoms. The van der Waals surface area contributed by atoms with Gasteiger partial charge >= 0.3 is 6.03 Å². The molecule has 0 bridgehead atoms. The number of aliphatic hydroxyl groups is 1. The van der Waals surface area contributed by atoms with Crippen LogP contribution in [-0.4, -0.2) is 35.3 Å². The van der Waals surface area contributed by atoms with Gasteiger partial charge in [-0.25, -0.2) is 4.79 Å². The number of urea groups is 1. The first-order valence-corrected chi connectivity index (χ1v) is 7.36. The molecule has 5 heteroatoms. The summed E-state index contributed by atoms with van der Waals surface area (Å²) in [6, 6.07) is 1.52. The lowest BCUT2D eigenvalue weighted by Gasteiger charge is -2.25. The van der Waals surface area contributed by atoms with E-state index in [1.165, 1.54) is 5.56 Å². The summed E-state index contributed by atoms with van der Waals surface area (Å²) in [5, 5.41) is 15.0. The number of rotatable bonds is 6. The first-order valence-electron chi connectivity index (χ1n) is 7.36. The SMILES string of the molecule is Cc1cnccc1CCNC(=O)NC(CO)CC(C)(C)C. The van der Waals surface area contributed by atoms with Crippen LogP contribution in [0.4, 0.5) is 4.79 Å². The van der Waals surface area contributed by atoms with Crippen molar-refractivity contribution in [3.8, 4) is 0 Å². The number of aryl methyl sites for hydroxylation is 1. The molecule has 0 radical (unpaired) electrons. The molecule has 1 unspecified atom stereocenters. The van der Waals surface area contributed by atoms with Crippen molar-refractivity contribution in [2.45, 2.75) is 46.6 Å². The van der Waals surface area contributed by atoms with Crippen molar-refractivity contribution in [2.24, 2.45) is 5.41 Å². The summed E-state index contributed by atoms with van der Waals surface area (Å²) in [6.07, 6.45) is 5.08. The van der Waals surface area contributed by atoms with Crippen LogP contribution in [-0.2, 0) is 6.42 Å². The maximum atomic E-state index is 11.8. The fourth-order valence-electron chi connectivity index (χ4n) is 2.23. The van der Waals surface area contributed by atoms with Gasteiger partial charge in [0.2, 0.25) is 0 Å². The Morgan fingerprint density at radius 3 is 2.71 bits per heavy atom. The number of carbonyl (C=O) groups excluding carboxylic acids is 1. The number of pyridine rings is 1. The molecule has 0 aromatic carbocycles. The van der Waals surface area contributed by atoms with Crippen molar-refractivity contribution in [3.05, 3.63) is 29.6 Å². The van der Waals surface area contributed by atoms with Crippen LogP contribution in [0, 0.1) is 12.3 Å². The molecule has 1 atom stereocenters. The molecule has 3 N–H and O–H groups in total. The fourth-order valence-corrected chi connectivity index (χ4v) is 2.23. The minimum Gasteiger partial charge on any atom is -0.394 e. The number of aliphatic hydroxyl groups excluding tert-OH is 1. The predicted octanol–water partition coefficient (Wildman–Crippen LogP) is 2.03. The van der Waals surface area contributed by atoms with Gasteiger partial charge < -0.3 is 15.7 Å². The molecule has 0 saturated carbocycles. The average Bonchev–Trinajstić information content (AvgIpc) is 2.38. The number of carbonyl (C=O) groups is 1. The van der Waals surface area contributed by atoms with Gasteiger partial charge in [-0.2, -0.15) is 0 Å². The quantitative estimate of drug-likeness (QED) is 0.751. The molecule has 2 amide bonds. The van der Waals surface area contributed by atoms with Crippen molar-refractivity contribution in [1.29, 1.82) is 0 Å². The van der Waals surface area contributed by atoms with E-state index >= 15 is 0 Å². The van der Waals surface area contributed by atoms with Crippen molar-refractivity contribution in [3.63, 3.8) is 0 Å². The summed E-state index contributed by atoms with van der Waals surface area (Å²) in [4.78, 5) is 15.9. The molecule has 1 aromatic rings. The third-order valence-corrected chi connectivity index (χ3v) is 3.23. The second-order valence-electron chi connectivity index (χ2n) is 6.60. The number of nitrogens with zero attached hydrogens (tertiary/aromatic N) is 1. The summed E-state index contributed by atoms with van der Waals surface area (Å²) < 4.78 is 0. The Hall–Kier alpha value is -1.62. The van der Waals surface area contributed by atoms with E-state index in [0.29, 0.717) is 6.54 Å². The highest BCUT2D eigenvalue weighted by Crippen LogP contribution is 2.20. The number of aromatic nitrogens is 1. The maximum absolute atomic E-state index is 11.8. The molecule has 5 nitrogen and oxygen atoms in total. The molecule has 1 aromatic heterocycles. The minimum atomic E-state index is -0.231. The molecule has 1 heterocycles. The van der Waals surface area contributed by atoms with Crippen LogP contribution in [0.5, 0.6) is 0 Å². The van der Waals surface area contributed by atoms with Gasteiger partial charge in [-0.3, -0.25) is 4.98 Å². The number of hydrogen-bond donors (Lipinski definition) is 3. The molecule has 0 aliphatic carbocycles. The number of nitrogens with one attached hydrogen (secondary N) is 2. The normalized spacial score (nSPS) is 12.8. The zero-order chi connectivity index (χ0) is 15.9. The first-order chi connectivity index (χ1) is 9.81. The first kappa shape index (κ1) is 17.4. The van der Waals surface area contributed by atoms with E-state index < -0.39 is 0 Å². The van der Waals surface area contributed by atoms with E-state index in [0.717, 1.165) is 18.4 Å². The van der Waals surface area contributed by atoms with Gasteiger partial charge in [0.25, 0.3) is 0 Å². The molecule has 21 heavy (non-hydrogen) atoms. The van der Waals surface area contributed by atoms with E-state index in [-0.39, 0.29) is 24.1 Å². The smallest absolute Gasteiger partial charge is 0.315 e. The predicted molar refractivity (Wildman–Crippen MR) is 84.2 cm³/mol. The number of hydrogen-bond acceptors (Lipinski definition) is 3. The highest BCUT2D eigenvalue weighted by molar-refractivity contribution is 5.74. The summed E-state index contributed by atoms with van der Waals surface area (Å²) in [5.74, 6) is 0. The zero-order valence-electron chi connectivity index (χ0n) is 13.4. The molecule has 1 rings (SSSR count). The van der Waals surface area contributed by atoms with Gasteiger partial charge in [0.1, 0.15) is 0 Å². The van der Waals surface area contributed by atoms with Gasteiger partial charge in [0, 0.05) is 18.9 Å². The van der Waals surface area contributed by atoms with E-state index in [2.05, 4.69) is 36.4 Å². The second kappa shape index (κ2) is 7.98. The largest absolute Gasteiger partial charge is 0.394 e. The monoisotopic (exact) mass is 293 g/mol. The van der Waals surface area contributed by atoms with E-state index in [1.807, 2.05) is 19.2 Å². The molecule has 0 saturated heterocycles. The van der Waals surface area contributed by atoms with Gasteiger partial charge in [-0.1, -0.05) is 20.8 Å². The van der Waals surface area contributed by atoms with Gasteiger partial charge in [0.05, 0.1) is 12.6 Å². The average molecular weight is 293 g/mol. The summed E-state index contributed by atoms with van der Waals surface area (Å²) in [5.41, 5.74) is 2.37. The third kappa shape index (κ3) is 7.09. The van der Waals surface area contributed by atoms with Crippen molar-refractivity contribution >= 4 is 6.03 Å². The van der Waals surface area contributed by atoms with Crippen LogP contribution in [0.2, 0.25) is 0 Å². The van der Waals surface area contributed by atoms with Crippen LogP contribution in [0.15, 0.2) is 18.5 Å². The Labute approximate surface area is 127 Å². The standard InChI is InChI=1S/C16H27N3O2/c1-12-10-17-7-5-13(12)6-8-18-15(21)19-14(11-20)9-16(2,3)4/h5,7,10,14,20H,6,8-9,11H2,1-4H3,(H2,18,19,21). The Balaban J connectivity index is 2.35. The molecular formula is C16H27N3O2. The van der Waals surface area contributed by atoms with Crippen LogP contribution in [0.3, 0.4) is 0 Å². The van der Waals surface area contributed by atoms with Crippen molar-refractivity contribution < 1.29 is 9.90 Å². The van der Waals surface area contributed by atoms with E-state index in [1.54, 1.807) is 6.20 Å². The molecule has 118 valence electrons. The Kier molecular flexibility index (Phi) is 6.62. The van der Waals surface area contributed by atoms with Crippen LogP contribution in [0.25, 0.3) is 0 Å². The second-order valence-corrected chi connectivity index (χ2v) is 6.60. The van der Waals surface area contributed by atoms with Gasteiger partial charge in [0.15, 0.2) is 0 Å². The van der Waals surface area contributed by atoms with Crippen LogP contribution in [0.1, 0.15) is 38.3 Å². The Morgan fingerprint density at radius 2 is 2.14 bits per heavy atom. The maximum Gasteiger partial charge on any atom is 0.315 e. The van der Waals surface area contributed by atoms with Crippen LogP contribution >= 0.6 is 0 Å². The zero-order valence-corrected chi connectivity index (χ0v) is 13.4. The highest BCUT2D eigenvalue weighted by atomic mass is 16.3. The lowest BCUT2D eigenvalue weighted by atomic mass is 9.88. The summed E-state index contributed by atoms with van der Waals surface area (Å²) in [6.45, 7) is 8.77. The van der Waals surface area contributed by atoms with E-state index in [9.17, 15) is 9.90 Å². The molecular weight excluding hydrogens is 266 g/mol. The van der Waals surface area contributed by atoms with Gasteiger partial charge in [-0.15, -0.1) is 0 Å². The van der Waals surface area contributed by atoms with Crippen molar-refractivity contribution in [1.82, 2.24) is 15.6 Å². The topological polar surface area (TPSA) is 74.2 Å². The Bertz CT molecular complexity index is 455. The van der Waals surface area contributed by atoms with Gasteiger partial charge in [-0.05, 0) is 42.4 Å². The summed E-state index contributed by atoms with van der Waals surface area (Å²) in [7, 11) is 0. The lowest BCUT2D eigenvalue weighted by molar-refractivity contribution is 0.191. The summed E-state index contributed by atoms with van der Waals surface area (Å²) >= 11 is 0. The van der Waals surface area contributed by atoms with Crippen molar-refractivity contribution in [2.75, 3.05) is 13.2 Å².